The van der Waals surface area contributed by atoms with Crippen LogP contribution in [0, 0.1) is 5.41 Å². The predicted molar refractivity (Wildman–Crippen MR) is 107 cm³/mol. The van der Waals surface area contributed by atoms with Crippen LogP contribution in [0.25, 0.3) is 12.2 Å². The summed E-state index contributed by atoms with van der Waals surface area (Å²) in [6.07, 6.45) is 3.82. The maximum absolute atomic E-state index is 12.7. The minimum atomic E-state index is -1.46. The summed E-state index contributed by atoms with van der Waals surface area (Å²) in [5.74, 6) is -1.23. The highest BCUT2D eigenvalue weighted by Gasteiger charge is 2.48. The molecule has 0 aliphatic carbocycles. The third-order valence-electron chi connectivity index (χ3n) is 4.59. The fourth-order valence-electron chi connectivity index (χ4n) is 3.07. The molecule has 0 aliphatic rings. The first-order valence-electron chi connectivity index (χ1n) is 8.58. The summed E-state index contributed by atoms with van der Waals surface area (Å²) in [7, 11) is 2.56. The van der Waals surface area contributed by atoms with Crippen LogP contribution < -0.4 is 0 Å². The van der Waals surface area contributed by atoms with E-state index >= 15 is 0 Å². The van der Waals surface area contributed by atoms with Gasteiger partial charge in [-0.1, -0.05) is 73.8 Å². The number of carbonyl (C=O) groups excluding carboxylic acids is 2. The molecule has 2 aromatic carbocycles. The minimum absolute atomic E-state index is 0.174. The standard InChI is InChI=1S/C23H24O4/c1-5-17-7-11-19(12-8-17)15-23(21(24)26-3,22(25)27-4)16-20-13-9-18(6-2)10-14-20/h5-14H,1-2,15-16H2,3-4H3. The van der Waals surface area contributed by atoms with E-state index in [2.05, 4.69) is 13.2 Å². The molecule has 0 unspecified atom stereocenters. The van der Waals surface area contributed by atoms with Crippen molar-refractivity contribution in [2.75, 3.05) is 14.2 Å². The fourth-order valence-corrected chi connectivity index (χ4v) is 3.07. The Hall–Kier alpha value is -3.14. The van der Waals surface area contributed by atoms with Crippen molar-refractivity contribution in [1.29, 1.82) is 0 Å². The third kappa shape index (κ3) is 4.53. The van der Waals surface area contributed by atoms with Crippen molar-refractivity contribution >= 4 is 24.1 Å². The monoisotopic (exact) mass is 364 g/mol. The van der Waals surface area contributed by atoms with E-state index in [0.717, 1.165) is 22.3 Å². The maximum Gasteiger partial charge on any atom is 0.323 e. The Morgan fingerprint density at radius 3 is 1.37 bits per heavy atom. The van der Waals surface area contributed by atoms with E-state index in [1.54, 1.807) is 12.2 Å². The number of methoxy groups -OCH3 is 2. The number of benzene rings is 2. The Morgan fingerprint density at radius 1 is 0.778 bits per heavy atom. The molecule has 0 heterocycles. The lowest BCUT2D eigenvalue weighted by Gasteiger charge is -2.28. The molecule has 0 aliphatic heterocycles. The molecule has 140 valence electrons. The first-order chi connectivity index (χ1) is 13.0. The first kappa shape index (κ1) is 20.2. The van der Waals surface area contributed by atoms with Crippen LogP contribution in [0.4, 0.5) is 0 Å². The minimum Gasteiger partial charge on any atom is -0.468 e. The molecule has 0 atom stereocenters. The van der Waals surface area contributed by atoms with Gasteiger partial charge >= 0.3 is 11.9 Å². The zero-order valence-corrected chi connectivity index (χ0v) is 15.7. The average Bonchev–Trinajstić information content (AvgIpc) is 2.72. The molecule has 0 spiro atoms. The summed E-state index contributed by atoms with van der Waals surface area (Å²) in [6.45, 7) is 7.47. The zero-order valence-electron chi connectivity index (χ0n) is 15.7. The molecule has 4 heteroatoms. The lowest BCUT2D eigenvalue weighted by molar-refractivity contribution is -0.169. The Bertz CT molecular complexity index is 745. The molecule has 0 aromatic heterocycles. The van der Waals surface area contributed by atoms with E-state index in [0.29, 0.717) is 0 Å². The molecular weight excluding hydrogens is 340 g/mol. The van der Waals surface area contributed by atoms with Crippen molar-refractivity contribution in [3.05, 3.63) is 83.9 Å². The summed E-state index contributed by atoms with van der Waals surface area (Å²) in [6, 6.07) is 15.1. The number of rotatable bonds is 8. The highest BCUT2D eigenvalue weighted by molar-refractivity contribution is 6.00. The van der Waals surface area contributed by atoms with Gasteiger partial charge in [-0.3, -0.25) is 9.59 Å². The summed E-state index contributed by atoms with van der Waals surface area (Å²) in [5, 5.41) is 0. The molecule has 0 N–H and O–H groups in total. The van der Waals surface area contributed by atoms with Gasteiger partial charge in [-0.15, -0.1) is 0 Å². The summed E-state index contributed by atoms with van der Waals surface area (Å²) in [5.41, 5.74) is 2.12. The van der Waals surface area contributed by atoms with Gasteiger partial charge in [-0.2, -0.15) is 0 Å². The lowest BCUT2D eigenvalue weighted by atomic mass is 9.76. The van der Waals surface area contributed by atoms with Crippen LogP contribution in [0.2, 0.25) is 0 Å². The molecule has 0 radical (unpaired) electrons. The number of esters is 2. The van der Waals surface area contributed by atoms with E-state index < -0.39 is 17.4 Å². The SMILES string of the molecule is C=Cc1ccc(CC(Cc2ccc(C=C)cc2)(C(=O)OC)C(=O)OC)cc1. The number of carbonyl (C=O) groups is 2. The number of hydrogen-bond acceptors (Lipinski definition) is 4. The van der Waals surface area contributed by atoms with Crippen molar-refractivity contribution in [3.8, 4) is 0 Å². The van der Waals surface area contributed by atoms with Crippen LogP contribution in [0.5, 0.6) is 0 Å². The molecule has 0 bridgehead atoms. The summed E-state index contributed by atoms with van der Waals surface area (Å²) in [4.78, 5) is 25.5. The molecule has 0 amide bonds. The van der Waals surface area contributed by atoms with Gasteiger partial charge in [-0.25, -0.2) is 0 Å². The van der Waals surface area contributed by atoms with Crippen LogP contribution >= 0.6 is 0 Å². The Labute approximate surface area is 160 Å². The maximum atomic E-state index is 12.7. The molecule has 27 heavy (non-hydrogen) atoms. The van der Waals surface area contributed by atoms with Crippen LogP contribution in [0.1, 0.15) is 22.3 Å². The van der Waals surface area contributed by atoms with Crippen LogP contribution in [-0.2, 0) is 31.9 Å². The Balaban J connectivity index is 2.46. The number of ether oxygens (including phenoxy) is 2. The van der Waals surface area contributed by atoms with E-state index in [-0.39, 0.29) is 12.8 Å². The highest BCUT2D eigenvalue weighted by atomic mass is 16.5. The predicted octanol–water partition coefficient (Wildman–Crippen LogP) is 4.09. The van der Waals surface area contributed by atoms with E-state index in [9.17, 15) is 9.59 Å². The van der Waals surface area contributed by atoms with Gasteiger partial charge in [0.2, 0.25) is 0 Å². The zero-order chi connectivity index (χ0) is 19.9. The smallest absolute Gasteiger partial charge is 0.323 e. The largest absolute Gasteiger partial charge is 0.468 e. The molecule has 0 fully saturated rings. The quantitative estimate of drug-likeness (QED) is 0.523. The Morgan fingerprint density at radius 2 is 1.11 bits per heavy atom. The van der Waals surface area contributed by atoms with Crippen LogP contribution in [0.3, 0.4) is 0 Å². The van der Waals surface area contributed by atoms with Crippen LogP contribution in [-0.4, -0.2) is 26.2 Å². The lowest BCUT2D eigenvalue weighted by Crippen LogP contribution is -2.45. The summed E-state index contributed by atoms with van der Waals surface area (Å²) >= 11 is 0. The van der Waals surface area contributed by atoms with Crippen molar-refractivity contribution in [1.82, 2.24) is 0 Å². The van der Waals surface area contributed by atoms with Crippen molar-refractivity contribution in [2.24, 2.45) is 5.41 Å². The normalized spacial score (nSPS) is 10.7. The second-order valence-electron chi connectivity index (χ2n) is 6.31. The van der Waals surface area contributed by atoms with Gasteiger partial charge in [0.25, 0.3) is 0 Å². The number of hydrogen-bond donors (Lipinski definition) is 0. The topological polar surface area (TPSA) is 52.6 Å². The Kier molecular flexibility index (Phi) is 6.72. The average molecular weight is 364 g/mol. The van der Waals surface area contributed by atoms with Crippen LogP contribution in [0.15, 0.2) is 61.7 Å². The van der Waals surface area contributed by atoms with E-state index in [4.69, 9.17) is 9.47 Å². The van der Waals surface area contributed by atoms with Crippen molar-refractivity contribution in [3.63, 3.8) is 0 Å². The molecule has 2 aromatic rings. The van der Waals surface area contributed by atoms with Gasteiger partial charge in [0.1, 0.15) is 0 Å². The van der Waals surface area contributed by atoms with Crippen molar-refractivity contribution < 1.29 is 19.1 Å². The molecule has 4 nitrogen and oxygen atoms in total. The van der Waals surface area contributed by atoms with E-state index in [1.165, 1.54) is 14.2 Å². The second kappa shape index (κ2) is 8.99. The molecule has 2 rings (SSSR count). The molecule has 0 saturated carbocycles. The molecule has 0 saturated heterocycles. The van der Waals surface area contributed by atoms with Gasteiger partial charge in [-0.05, 0) is 35.1 Å². The third-order valence-corrected chi connectivity index (χ3v) is 4.59. The fraction of sp³-hybridized carbons (Fsp3) is 0.217. The molecular formula is C23H24O4. The highest BCUT2D eigenvalue weighted by Crippen LogP contribution is 2.32. The van der Waals surface area contributed by atoms with E-state index in [1.807, 2.05) is 48.5 Å². The van der Waals surface area contributed by atoms with Gasteiger partial charge in [0.05, 0.1) is 14.2 Å². The summed E-state index contributed by atoms with van der Waals surface area (Å²) < 4.78 is 10.0. The van der Waals surface area contributed by atoms with Crippen molar-refractivity contribution in [2.45, 2.75) is 12.8 Å². The van der Waals surface area contributed by atoms with Gasteiger partial charge < -0.3 is 9.47 Å². The second-order valence-corrected chi connectivity index (χ2v) is 6.31. The van der Waals surface area contributed by atoms with Gasteiger partial charge in [0.15, 0.2) is 5.41 Å². The van der Waals surface area contributed by atoms with Gasteiger partial charge in [0, 0.05) is 0 Å². The first-order valence-corrected chi connectivity index (χ1v) is 8.58.